The molecule has 0 spiro atoms. The van der Waals surface area contributed by atoms with Crippen molar-refractivity contribution in [2.75, 3.05) is 25.1 Å². The number of nitrogens with one attached hydrogen (secondary N) is 1. The topological polar surface area (TPSA) is 108 Å². The second kappa shape index (κ2) is 8.34. The third-order valence-electron chi connectivity index (χ3n) is 3.92. The van der Waals surface area contributed by atoms with Crippen molar-refractivity contribution in [3.05, 3.63) is 53.6 Å². The quantitative estimate of drug-likeness (QED) is 0.576. The molecule has 0 saturated carbocycles. The molecule has 8 heteroatoms. The summed E-state index contributed by atoms with van der Waals surface area (Å²) in [5, 5.41) is 2.60. The van der Waals surface area contributed by atoms with Crippen molar-refractivity contribution in [1.82, 2.24) is 0 Å². The Morgan fingerprint density at radius 3 is 2.46 bits per heavy atom. The molecule has 1 N–H and O–H groups in total. The molecule has 0 fully saturated rings. The van der Waals surface area contributed by atoms with E-state index in [4.69, 9.17) is 14.2 Å². The van der Waals surface area contributed by atoms with Crippen LogP contribution in [0.4, 0.5) is 5.69 Å². The van der Waals surface area contributed by atoms with E-state index < -0.39 is 18.4 Å². The van der Waals surface area contributed by atoms with Crippen LogP contribution in [0.25, 0.3) is 0 Å². The van der Waals surface area contributed by atoms with Gasteiger partial charge in [0.15, 0.2) is 31.4 Å². The molecule has 8 nitrogen and oxygen atoms in total. The van der Waals surface area contributed by atoms with Gasteiger partial charge in [0.1, 0.15) is 11.5 Å². The third-order valence-corrected chi connectivity index (χ3v) is 3.92. The highest BCUT2D eigenvalue weighted by Crippen LogP contribution is 2.28. The number of carbonyl (C=O) groups is 4. The Morgan fingerprint density at radius 2 is 1.75 bits per heavy atom. The van der Waals surface area contributed by atoms with Crippen molar-refractivity contribution >= 4 is 29.1 Å². The summed E-state index contributed by atoms with van der Waals surface area (Å²) < 4.78 is 15.4. The number of amides is 1. The highest BCUT2D eigenvalue weighted by atomic mass is 16.6. The average Bonchev–Trinajstić information content (AvgIpc) is 2.70. The largest absolute Gasteiger partial charge is 0.482 e. The Kier molecular flexibility index (Phi) is 5.69. The van der Waals surface area contributed by atoms with E-state index in [1.165, 1.54) is 19.1 Å². The molecule has 0 atom stereocenters. The van der Waals surface area contributed by atoms with Gasteiger partial charge in [-0.2, -0.15) is 0 Å². The first-order valence-corrected chi connectivity index (χ1v) is 8.41. The van der Waals surface area contributed by atoms with Crippen LogP contribution in [0, 0.1) is 0 Å². The number of carbonyl (C=O) groups excluding carboxylic acids is 4. The Bertz CT molecular complexity index is 934. The number of hydrogen-bond donors (Lipinski definition) is 1. The molecule has 0 bridgehead atoms. The predicted molar refractivity (Wildman–Crippen MR) is 97.8 cm³/mol. The van der Waals surface area contributed by atoms with E-state index >= 15 is 0 Å². The molecule has 0 aliphatic carbocycles. The second-order valence-corrected chi connectivity index (χ2v) is 6.00. The number of ether oxygens (including phenoxy) is 3. The highest BCUT2D eigenvalue weighted by molar-refractivity contribution is 6.01. The highest BCUT2D eigenvalue weighted by Gasteiger charge is 2.18. The van der Waals surface area contributed by atoms with Gasteiger partial charge in [-0.25, -0.2) is 4.79 Å². The van der Waals surface area contributed by atoms with Crippen molar-refractivity contribution in [1.29, 1.82) is 0 Å². The van der Waals surface area contributed by atoms with Crippen molar-refractivity contribution < 1.29 is 33.4 Å². The van der Waals surface area contributed by atoms with E-state index in [0.29, 0.717) is 22.7 Å². The summed E-state index contributed by atoms with van der Waals surface area (Å²) in [5.74, 6) is -0.647. The normalized spacial score (nSPS) is 12.2. The maximum atomic E-state index is 12.2. The minimum atomic E-state index is -0.710. The monoisotopic (exact) mass is 383 g/mol. The average molecular weight is 383 g/mol. The zero-order valence-corrected chi connectivity index (χ0v) is 15.0. The number of rotatable bonds is 7. The lowest BCUT2D eigenvalue weighted by Gasteiger charge is -2.18. The number of hydrogen-bond acceptors (Lipinski definition) is 7. The van der Waals surface area contributed by atoms with E-state index in [2.05, 4.69) is 5.32 Å². The van der Waals surface area contributed by atoms with Gasteiger partial charge in [0.2, 0.25) is 0 Å². The lowest BCUT2D eigenvalue weighted by atomic mass is 10.1. The molecule has 2 aromatic carbocycles. The Hall–Kier alpha value is -3.68. The summed E-state index contributed by atoms with van der Waals surface area (Å²) in [4.78, 5) is 46.5. The number of ketones is 2. The summed E-state index contributed by atoms with van der Waals surface area (Å²) in [6, 6.07) is 10.9. The number of benzene rings is 2. The fourth-order valence-electron chi connectivity index (χ4n) is 2.46. The minimum absolute atomic E-state index is 0.0715. The van der Waals surface area contributed by atoms with Crippen LogP contribution in [-0.4, -0.2) is 43.3 Å². The molecule has 0 radical (unpaired) electrons. The van der Waals surface area contributed by atoms with Crippen molar-refractivity contribution in [2.24, 2.45) is 0 Å². The molecule has 0 saturated heterocycles. The van der Waals surface area contributed by atoms with Gasteiger partial charge in [0, 0.05) is 11.1 Å². The Balaban J connectivity index is 1.49. The summed E-state index contributed by atoms with van der Waals surface area (Å²) >= 11 is 0. The molecule has 0 aromatic heterocycles. The van der Waals surface area contributed by atoms with Gasteiger partial charge < -0.3 is 19.5 Å². The summed E-state index contributed by atoms with van der Waals surface area (Å²) in [6.07, 6.45) is 0. The van der Waals surface area contributed by atoms with Gasteiger partial charge in [-0.3, -0.25) is 14.4 Å². The first kappa shape index (κ1) is 19.1. The van der Waals surface area contributed by atoms with Gasteiger partial charge in [-0.15, -0.1) is 0 Å². The standard InChI is InChI=1S/C20H17NO7/c1-12(22)13-2-5-15(6-3-13)26-11-20(25)28-9-17(23)14-4-7-18-16(8-14)21-19(24)10-27-18/h2-8H,9-11H2,1H3,(H,21,24). The van der Waals surface area contributed by atoms with Crippen LogP contribution in [0.2, 0.25) is 0 Å². The van der Waals surface area contributed by atoms with Crippen LogP contribution < -0.4 is 14.8 Å². The van der Waals surface area contributed by atoms with Gasteiger partial charge in [-0.05, 0) is 49.4 Å². The molecule has 1 aliphatic heterocycles. The molecule has 0 unspecified atom stereocenters. The summed E-state index contributed by atoms with van der Waals surface area (Å²) in [6.45, 7) is 0.545. The van der Waals surface area contributed by atoms with E-state index in [-0.39, 0.29) is 30.5 Å². The lowest BCUT2D eigenvalue weighted by Crippen LogP contribution is -2.25. The SMILES string of the molecule is CC(=O)c1ccc(OCC(=O)OCC(=O)c2ccc3c(c2)NC(=O)CO3)cc1. The predicted octanol–water partition coefficient (Wildman–Crippen LogP) is 2.02. The Labute approximate surface area is 160 Å². The molecule has 144 valence electrons. The molecule has 1 amide bonds. The first-order valence-electron chi connectivity index (χ1n) is 8.41. The molecule has 1 heterocycles. The zero-order chi connectivity index (χ0) is 20.1. The van der Waals surface area contributed by atoms with Crippen LogP contribution >= 0.6 is 0 Å². The lowest BCUT2D eigenvalue weighted by molar-refractivity contribution is -0.144. The van der Waals surface area contributed by atoms with E-state index in [0.717, 1.165) is 0 Å². The molecule has 28 heavy (non-hydrogen) atoms. The number of esters is 1. The molecule has 1 aliphatic rings. The van der Waals surface area contributed by atoms with E-state index in [9.17, 15) is 19.2 Å². The van der Waals surface area contributed by atoms with Crippen LogP contribution in [0.15, 0.2) is 42.5 Å². The molecular weight excluding hydrogens is 366 g/mol. The van der Waals surface area contributed by atoms with Crippen molar-refractivity contribution in [2.45, 2.75) is 6.92 Å². The van der Waals surface area contributed by atoms with Gasteiger partial charge in [0.05, 0.1) is 5.69 Å². The minimum Gasteiger partial charge on any atom is -0.482 e. The van der Waals surface area contributed by atoms with Crippen molar-refractivity contribution in [3.63, 3.8) is 0 Å². The van der Waals surface area contributed by atoms with Crippen LogP contribution in [0.3, 0.4) is 0 Å². The Morgan fingerprint density at radius 1 is 1.04 bits per heavy atom. The maximum Gasteiger partial charge on any atom is 0.344 e. The van der Waals surface area contributed by atoms with Gasteiger partial charge >= 0.3 is 5.97 Å². The summed E-state index contributed by atoms with van der Waals surface area (Å²) in [7, 11) is 0. The van der Waals surface area contributed by atoms with Gasteiger partial charge in [0.25, 0.3) is 5.91 Å². The number of anilines is 1. The fraction of sp³-hybridized carbons (Fsp3) is 0.200. The second-order valence-electron chi connectivity index (χ2n) is 6.00. The first-order chi connectivity index (χ1) is 13.4. The number of fused-ring (bicyclic) bond motifs is 1. The maximum absolute atomic E-state index is 12.2. The van der Waals surface area contributed by atoms with Crippen molar-refractivity contribution in [3.8, 4) is 11.5 Å². The fourth-order valence-corrected chi connectivity index (χ4v) is 2.46. The third kappa shape index (κ3) is 4.73. The van der Waals surface area contributed by atoms with E-state index in [1.54, 1.807) is 30.3 Å². The molecular formula is C20H17NO7. The number of Topliss-reactive ketones (excluding diaryl/α,β-unsaturated/α-hetero) is 2. The smallest absolute Gasteiger partial charge is 0.344 e. The van der Waals surface area contributed by atoms with Gasteiger partial charge in [-0.1, -0.05) is 0 Å². The summed E-state index contributed by atoms with van der Waals surface area (Å²) in [5.41, 5.74) is 1.20. The van der Waals surface area contributed by atoms with Crippen LogP contribution in [0.5, 0.6) is 11.5 Å². The zero-order valence-electron chi connectivity index (χ0n) is 15.0. The van der Waals surface area contributed by atoms with Crippen LogP contribution in [0.1, 0.15) is 27.6 Å². The van der Waals surface area contributed by atoms with Crippen LogP contribution in [-0.2, 0) is 14.3 Å². The molecule has 3 rings (SSSR count). The van der Waals surface area contributed by atoms with E-state index in [1.807, 2.05) is 0 Å². The molecule has 2 aromatic rings.